The van der Waals surface area contributed by atoms with Crippen LogP contribution < -0.4 is 0 Å². The molecule has 4 nitrogen and oxygen atoms in total. The molecule has 0 saturated carbocycles. The van der Waals surface area contributed by atoms with Crippen molar-refractivity contribution < 1.29 is 14.7 Å². The quantitative estimate of drug-likeness (QED) is 0.778. The lowest BCUT2D eigenvalue weighted by atomic mass is 9.91. The number of hydrogen-bond donors (Lipinski definition) is 1. The number of aliphatic carboxylic acids is 1. The zero-order valence-electron chi connectivity index (χ0n) is 8.80. The summed E-state index contributed by atoms with van der Waals surface area (Å²) in [6, 6.07) is 8.43. The normalized spacial score (nSPS) is 11.5. The Hall–Kier alpha value is -2.15. The van der Waals surface area contributed by atoms with Crippen molar-refractivity contribution in [3.8, 4) is 6.07 Å². The topological polar surface area (TPSA) is 78.2 Å². The molecule has 1 aromatic carbocycles. The summed E-state index contributed by atoms with van der Waals surface area (Å²) in [6.07, 6.45) is 0.403. The van der Waals surface area contributed by atoms with Crippen LogP contribution in [0.5, 0.6) is 0 Å². The first kappa shape index (κ1) is 11.9. The van der Waals surface area contributed by atoms with Gasteiger partial charge in [-0.25, -0.2) is 4.79 Å². The van der Waals surface area contributed by atoms with Crippen molar-refractivity contribution in [2.45, 2.75) is 19.3 Å². The van der Waals surface area contributed by atoms with Crippen LogP contribution in [0, 0.1) is 11.3 Å². The van der Waals surface area contributed by atoms with E-state index >= 15 is 0 Å². The second kappa shape index (κ2) is 5.08. The highest BCUT2D eigenvalue weighted by Gasteiger charge is 2.24. The number of carbonyl (C=O) groups excluding carboxylic acids is 1. The number of Topliss-reactive ketones (excluding diaryl/α,β-unsaturated/α-hetero) is 1. The first-order valence-corrected chi connectivity index (χ1v) is 4.87. The van der Waals surface area contributed by atoms with Gasteiger partial charge in [0.15, 0.2) is 0 Å². The molecule has 16 heavy (non-hydrogen) atoms. The molecule has 0 fully saturated rings. The molecule has 0 radical (unpaired) electrons. The molecule has 1 aromatic rings. The Morgan fingerprint density at radius 2 is 2.19 bits per heavy atom. The number of carbonyl (C=O) groups is 2. The Bertz CT molecular complexity index is 460. The molecule has 1 atom stereocenters. The molecule has 4 heteroatoms. The van der Waals surface area contributed by atoms with Crippen molar-refractivity contribution in [1.29, 1.82) is 5.26 Å². The summed E-state index contributed by atoms with van der Waals surface area (Å²) >= 11 is 0. The molecule has 0 aromatic heterocycles. The van der Waals surface area contributed by atoms with Crippen molar-refractivity contribution in [2.24, 2.45) is 0 Å². The first-order valence-electron chi connectivity index (χ1n) is 4.87. The highest BCUT2D eigenvalue weighted by atomic mass is 16.4. The lowest BCUT2D eigenvalue weighted by Crippen LogP contribution is -2.21. The smallest absolute Gasteiger partial charge is 0.372 e. The minimum absolute atomic E-state index is 0.403. The molecule has 0 aliphatic heterocycles. The van der Waals surface area contributed by atoms with Crippen molar-refractivity contribution in [3.05, 3.63) is 35.4 Å². The van der Waals surface area contributed by atoms with E-state index in [0.717, 1.165) is 0 Å². The molecule has 0 aliphatic rings. The summed E-state index contributed by atoms with van der Waals surface area (Å²) in [7, 11) is 0. The summed E-state index contributed by atoms with van der Waals surface area (Å²) < 4.78 is 0. The minimum Gasteiger partial charge on any atom is -0.475 e. The van der Waals surface area contributed by atoms with Crippen LogP contribution in [-0.4, -0.2) is 16.9 Å². The average Bonchev–Trinajstić information content (AvgIpc) is 2.30. The number of benzene rings is 1. The molecule has 1 rings (SSSR count). The van der Waals surface area contributed by atoms with E-state index in [1.807, 2.05) is 6.07 Å². The number of hydrogen-bond acceptors (Lipinski definition) is 3. The molecule has 1 N–H and O–H groups in total. The van der Waals surface area contributed by atoms with E-state index in [1.165, 1.54) is 0 Å². The first-order chi connectivity index (χ1) is 7.60. The highest BCUT2D eigenvalue weighted by Crippen LogP contribution is 2.21. The van der Waals surface area contributed by atoms with E-state index < -0.39 is 17.7 Å². The van der Waals surface area contributed by atoms with Crippen LogP contribution >= 0.6 is 0 Å². The Morgan fingerprint density at radius 3 is 2.69 bits per heavy atom. The van der Waals surface area contributed by atoms with Gasteiger partial charge in [0.1, 0.15) is 0 Å². The second-order valence-corrected chi connectivity index (χ2v) is 3.37. The largest absolute Gasteiger partial charge is 0.475 e. The molecule has 0 amide bonds. The maximum Gasteiger partial charge on any atom is 0.372 e. The second-order valence-electron chi connectivity index (χ2n) is 3.37. The summed E-state index contributed by atoms with van der Waals surface area (Å²) in [4.78, 5) is 22.0. The Labute approximate surface area is 93.1 Å². The van der Waals surface area contributed by atoms with Crippen molar-refractivity contribution in [1.82, 2.24) is 0 Å². The molecular formula is C12H11NO3. The molecule has 0 spiro atoms. The Balaban J connectivity index is 3.09. The zero-order valence-corrected chi connectivity index (χ0v) is 8.80. The fourth-order valence-electron chi connectivity index (χ4n) is 1.55. The van der Waals surface area contributed by atoms with Crippen LogP contribution in [0.3, 0.4) is 0 Å². The van der Waals surface area contributed by atoms with Gasteiger partial charge in [-0.05, 0) is 24.1 Å². The van der Waals surface area contributed by atoms with Crippen LogP contribution in [0.4, 0.5) is 0 Å². The van der Waals surface area contributed by atoms with Gasteiger partial charge in [-0.15, -0.1) is 0 Å². The lowest BCUT2D eigenvalue weighted by molar-refractivity contribution is -0.149. The third kappa shape index (κ3) is 2.45. The number of rotatable bonds is 4. The van der Waals surface area contributed by atoms with Gasteiger partial charge in [-0.2, -0.15) is 5.26 Å². The maximum atomic E-state index is 11.4. The zero-order chi connectivity index (χ0) is 12.1. The summed E-state index contributed by atoms with van der Waals surface area (Å²) in [5.74, 6) is -2.95. The van der Waals surface area contributed by atoms with Crippen LogP contribution in [-0.2, 0) is 9.59 Å². The predicted octanol–water partition coefficient (Wildman–Crippen LogP) is 1.71. The van der Waals surface area contributed by atoms with Crippen molar-refractivity contribution in [2.75, 3.05) is 0 Å². The Morgan fingerprint density at radius 1 is 1.50 bits per heavy atom. The van der Waals surface area contributed by atoms with Gasteiger partial charge in [-0.1, -0.05) is 19.1 Å². The Kier molecular flexibility index (Phi) is 3.78. The van der Waals surface area contributed by atoms with E-state index in [9.17, 15) is 9.59 Å². The summed E-state index contributed by atoms with van der Waals surface area (Å²) in [5.41, 5.74) is 1.00. The third-order valence-electron chi connectivity index (χ3n) is 2.35. The molecule has 0 heterocycles. The lowest BCUT2D eigenvalue weighted by Gasteiger charge is -2.11. The SMILES string of the molecule is CCC(C(=O)C(=O)O)c1cccc(C#N)c1. The van der Waals surface area contributed by atoms with Gasteiger partial charge in [0, 0.05) is 0 Å². The number of carboxylic acid groups (broad SMARTS) is 1. The average molecular weight is 217 g/mol. The van der Waals surface area contributed by atoms with Gasteiger partial charge in [0.05, 0.1) is 17.6 Å². The van der Waals surface area contributed by atoms with Gasteiger partial charge < -0.3 is 5.11 Å². The third-order valence-corrected chi connectivity index (χ3v) is 2.35. The number of nitrogens with zero attached hydrogens (tertiary/aromatic N) is 1. The molecule has 0 bridgehead atoms. The number of carboxylic acids is 1. The summed E-state index contributed by atoms with van der Waals surface area (Å²) in [5, 5.41) is 17.4. The van der Waals surface area contributed by atoms with Crippen LogP contribution in [0.25, 0.3) is 0 Å². The van der Waals surface area contributed by atoms with Gasteiger partial charge in [0.2, 0.25) is 5.78 Å². The molecule has 0 aliphatic carbocycles. The molecule has 0 saturated heterocycles. The van der Waals surface area contributed by atoms with Gasteiger partial charge in [-0.3, -0.25) is 4.79 Å². The molecule has 1 unspecified atom stereocenters. The predicted molar refractivity (Wildman–Crippen MR) is 56.8 cm³/mol. The van der Waals surface area contributed by atoms with E-state index in [1.54, 1.807) is 31.2 Å². The minimum atomic E-state index is -1.44. The monoisotopic (exact) mass is 217 g/mol. The van der Waals surface area contributed by atoms with Crippen LogP contribution in [0.1, 0.15) is 30.4 Å². The number of ketones is 1. The standard InChI is InChI=1S/C12H11NO3/c1-2-10(11(14)12(15)16)9-5-3-4-8(6-9)7-13/h3-6,10H,2H2,1H3,(H,15,16). The van der Waals surface area contributed by atoms with E-state index in [2.05, 4.69) is 0 Å². The fourth-order valence-corrected chi connectivity index (χ4v) is 1.55. The highest BCUT2D eigenvalue weighted by molar-refractivity contribution is 6.34. The summed E-state index contributed by atoms with van der Waals surface area (Å²) in [6.45, 7) is 1.74. The van der Waals surface area contributed by atoms with Crippen molar-refractivity contribution in [3.63, 3.8) is 0 Å². The number of nitriles is 1. The molecular weight excluding hydrogens is 206 g/mol. The van der Waals surface area contributed by atoms with E-state index in [0.29, 0.717) is 17.5 Å². The van der Waals surface area contributed by atoms with Crippen LogP contribution in [0.2, 0.25) is 0 Å². The van der Waals surface area contributed by atoms with Crippen LogP contribution in [0.15, 0.2) is 24.3 Å². The fraction of sp³-hybridized carbons (Fsp3) is 0.250. The van der Waals surface area contributed by atoms with Gasteiger partial charge >= 0.3 is 5.97 Å². The van der Waals surface area contributed by atoms with Gasteiger partial charge in [0.25, 0.3) is 0 Å². The maximum absolute atomic E-state index is 11.4. The van der Waals surface area contributed by atoms with E-state index in [4.69, 9.17) is 10.4 Å². The molecule has 82 valence electrons. The van der Waals surface area contributed by atoms with E-state index in [-0.39, 0.29) is 0 Å². The van der Waals surface area contributed by atoms with Crippen molar-refractivity contribution >= 4 is 11.8 Å².